The van der Waals surface area contributed by atoms with E-state index in [0.29, 0.717) is 30.8 Å². The number of hydrogen-bond acceptors (Lipinski definition) is 4. The van der Waals surface area contributed by atoms with Gasteiger partial charge in [-0.05, 0) is 49.6 Å². The number of nitrogens with zero attached hydrogens (tertiary/aromatic N) is 2. The molecular formula is C22H34F3N3O2Si. The molecule has 1 aliphatic heterocycles. The Kier molecular flexibility index (Phi) is 7.70. The van der Waals surface area contributed by atoms with Gasteiger partial charge in [-0.25, -0.2) is 4.98 Å². The summed E-state index contributed by atoms with van der Waals surface area (Å²) in [5, 5.41) is 12.7. The molecular weight excluding hydrogens is 423 g/mol. The Hall–Kier alpha value is -1.58. The molecule has 2 aliphatic rings. The highest BCUT2D eigenvalue weighted by atomic mass is 28.3. The maximum atomic E-state index is 13.3. The molecule has 1 aliphatic carbocycles. The fourth-order valence-corrected chi connectivity index (χ4v) is 4.80. The topological polar surface area (TPSA) is 59.3 Å². The average molecular weight is 458 g/mol. The number of ether oxygens (including phenoxy) is 1. The lowest BCUT2D eigenvalue weighted by atomic mass is 9.80. The lowest BCUT2D eigenvalue weighted by Gasteiger charge is -2.31. The molecule has 0 atom stereocenters. The van der Waals surface area contributed by atoms with Crippen LogP contribution in [0.2, 0.25) is 25.7 Å². The molecule has 9 heteroatoms. The van der Waals surface area contributed by atoms with E-state index >= 15 is 0 Å². The number of rotatable bonds is 8. The Bertz CT molecular complexity index is 804. The number of imidazole rings is 1. The molecule has 2 N–H and O–H groups in total. The second-order valence-corrected chi connectivity index (χ2v) is 15.5. The first kappa shape index (κ1) is 24.1. The van der Waals surface area contributed by atoms with Gasteiger partial charge in [0.1, 0.15) is 12.6 Å². The van der Waals surface area contributed by atoms with Gasteiger partial charge in [-0.1, -0.05) is 25.7 Å². The summed E-state index contributed by atoms with van der Waals surface area (Å²) in [4.78, 5) is 3.89. The molecule has 0 radical (unpaired) electrons. The van der Waals surface area contributed by atoms with Gasteiger partial charge in [0.25, 0.3) is 0 Å². The van der Waals surface area contributed by atoms with E-state index in [4.69, 9.17) is 4.74 Å². The molecule has 3 rings (SSSR count). The van der Waals surface area contributed by atoms with Gasteiger partial charge in [0.05, 0.1) is 0 Å². The second-order valence-electron chi connectivity index (χ2n) is 9.83. The van der Waals surface area contributed by atoms with Crippen LogP contribution in [-0.2, 0) is 17.6 Å². The van der Waals surface area contributed by atoms with Gasteiger partial charge in [-0.3, -0.25) is 0 Å². The quantitative estimate of drug-likeness (QED) is 0.431. The smallest absolute Gasteiger partial charge is 0.396 e. The largest absolute Gasteiger partial charge is 0.434 e. The van der Waals surface area contributed by atoms with Gasteiger partial charge >= 0.3 is 6.18 Å². The van der Waals surface area contributed by atoms with E-state index in [2.05, 4.69) is 29.9 Å². The number of halogens is 3. The van der Waals surface area contributed by atoms with Crippen molar-refractivity contribution in [3.63, 3.8) is 0 Å². The first-order chi connectivity index (χ1) is 14.6. The Morgan fingerprint density at radius 2 is 1.90 bits per heavy atom. The number of aromatic nitrogens is 2. The van der Waals surface area contributed by atoms with E-state index < -0.39 is 19.9 Å². The molecule has 31 heavy (non-hydrogen) atoms. The number of alkyl halides is 3. The first-order valence-electron chi connectivity index (χ1n) is 11.0. The van der Waals surface area contributed by atoms with Crippen molar-refractivity contribution in [3.8, 4) is 0 Å². The van der Waals surface area contributed by atoms with E-state index in [-0.39, 0.29) is 13.3 Å². The van der Waals surface area contributed by atoms with Gasteiger partial charge in [-0.15, -0.1) is 0 Å². The Morgan fingerprint density at radius 1 is 1.19 bits per heavy atom. The summed E-state index contributed by atoms with van der Waals surface area (Å²) >= 11 is 0. The number of aliphatic hydroxyl groups excluding tert-OH is 1. The summed E-state index contributed by atoms with van der Waals surface area (Å²) in [6.45, 7) is 7.98. The van der Waals surface area contributed by atoms with Crippen LogP contribution in [0.1, 0.15) is 37.2 Å². The van der Waals surface area contributed by atoms with Crippen LogP contribution in [0.4, 0.5) is 13.2 Å². The molecule has 0 unspecified atom stereocenters. The summed E-state index contributed by atoms with van der Waals surface area (Å²) in [6.07, 6.45) is 4.45. The molecule has 0 saturated heterocycles. The van der Waals surface area contributed by atoms with Crippen molar-refractivity contribution in [1.29, 1.82) is 0 Å². The SMILES string of the molecule is C[Si](C)(C)CCOCn1cc(C(F)(F)F)nc1C1=CC=C(C2CCC(CO)CC2)NC1. The van der Waals surface area contributed by atoms with Crippen LogP contribution in [0, 0.1) is 11.8 Å². The zero-order valence-corrected chi connectivity index (χ0v) is 19.6. The third-order valence-corrected chi connectivity index (χ3v) is 7.78. The number of allylic oxidation sites excluding steroid dienone is 3. The molecule has 1 fully saturated rings. The molecule has 5 nitrogen and oxygen atoms in total. The summed E-state index contributed by atoms with van der Waals surface area (Å²) in [5.41, 5.74) is 0.951. The maximum Gasteiger partial charge on any atom is 0.434 e. The van der Waals surface area contributed by atoms with Crippen LogP contribution in [0.15, 0.2) is 24.0 Å². The second kappa shape index (κ2) is 9.91. The number of nitrogens with one attached hydrogen (secondary N) is 1. The van der Waals surface area contributed by atoms with Gasteiger partial charge in [-0.2, -0.15) is 13.2 Å². The molecule has 0 spiro atoms. The lowest BCUT2D eigenvalue weighted by molar-refractivity contribution is -0.141. The van der Waals surface area contributed by atoms with Gasteiger partial charge in [0, 0.05) is 45.3 Å². The highest BCUT2D eigenvalue weighted by Crippen LogP contribution is 2.34. The van der Waals surface area contributed by atoms with Gasteiger partial charge < -0.3 is 19.7 Å². The summed E-state index contributed by atoms with van der Waals surface area (Å²) in [5.74, 6) is 1.10. The zero-order chi connectivity index (χ0) is 22.6. The van der Waals surface area contributed by atoms with E-state index in [1.54, 1.807) is 0 Å². The fourth-order valence-electron chi connectivity index (χ4n) is 4.04. The van der Waals surface area contributed by atoms with Crippen LogP contribution in [0.25, 0.3) is 5.57 Å². The summed E-state index contributed by atoms with van der Waals surface area (Å²) in [7, 11) is -1.27. The minimum absolute atomic E-state index is 0.0575. The van der Waals surface area contributed by atoms with Crippen molar-refractivity contribution >= 4 is 13.6 Å². The maximum absolute atomic E-state index is 13.3. The summed E-state index contributed by atoms with van der Waals surface area (Å²) < 4.78 is 47.0. The Labute approximate surface area is 183 Å². The predicted molar refractivity (Wildman–Crippen MR) is 118 cm³/mol. The van der Waals surface area contributed by atoms with Crippen molar-refractivity contribution in [3.05, 3.63) is 35.6 Å². The number of aliphatic hydroxyl groups is 1. The molecule has 2 heterocycles. The normalized spacial score (nSPS) is 22.7. The molecule has 1 aromatic heterocycles. The van der Waals surface area contributed by atoms with Crippen molar-refractivity contribution in [2.75, 3.05) is 19.8 Å². The molecule has 1 aromatic rings. The first-order valence-corrected chi connectivity index (χ1v) is 14.8. The van der Waals surface area contributed by atoms with Crippen molar-refractivity contribution in [1.82, 2.24) is 14.9 Å². The van der Waals surface area contributed by atoms with E-state index in [1.165, 1.54) is 4.57 Å². The van der Waals surface area contributed by atoms with Crippen LogP contribution in [0.5, 0.6) is 0 Å². The van der Waals surface area contributed by atoms with Gasteiger partial charge in [0.15, 0.2) is 5.69 Å². The third kappa shape index (κ3) is 6.70. The zero-order valence-electron chi connectivity index (χ0n) is 18.6. The molecule has 174 valence electrons. The van der Waals surface area contributed by atoms with Crippen molar-refractivity contribution in [2.45, 2.75) is 64.3 Å². The molecule has 0 amide bonds. The number of hydrogen-bond donors (Lipinski definition) is 2. The highest BCUT2D eigenvalue weighted by Gasteiger charge is 2.35. The van der Waals surface area contributed by atoms with Crippen LogP contribution >= 0.6 is 0 Å². The average Bonchev–Trinajstić information content (AvgIpc) is 3.15. The Morgan fingerprint density at radius 3 is 2.45 bits per heavy atom. The highest BCUT2D eigenvalue weighted by molar-refractivity contribution is 6.76. The van der Waals surface area contributed by atoms with Crippen molar-refractivity contribution in [2.24, 2.45) is 11.8 Å². The lowest BCUT2D eigenvalue weighted by Crippen LogP contribution is -2.28. The third-order valence-electron chi connectivity index (χ3n) is 6.07. The minimum Gasteiger partial charge on any atom is -0.396 e. The number of dihydropyridines is 1. The fraction of sp³-hybridized carbons (Fsp3) is 0.682. The Balaban J connectivity index is 1.72. The molecule has 0 aromatic carbocycles. The monoisotopic (exact) mass is 457 g/mol. The minimum atomic E-state index is -4.49. The van der Waals surface area contributed by atoms with E-state index in [1.807, 2.05) is 12.2 Å². The van der Waals surface area contributed by atoms with Crippen molar-refractivity contribution < 1.29 is 23.0 Å². The van der Waals surface area contributed by atoms with E-state index in [9.17, 15) is 18.3 Å². The van der Waals surface area contributed by atoms with E-state index in [0.717, 1.165) is 49.2 Å². The van der Waals surface area contributed by atoms with Crippen LogP contribution in [0.3, 0.4) is 0 Å². The van der Waals surface area contributed by atoms with Crippen LogP contribution < -0.4 is 5.32 Å². The van der Waals surface area contributed by atoms with Gasteiger partial charge in [0.2, 0.25) is 0 Å². The standard InChI is InChI=1S/C22H34F3N3O2Si/c1-31(2,3)11-10-30-15-28-13-20(22(23,24)25)27-21(28)18-8-9-19(26-12-18)17-6-4-16(14-29)5-7-17/h8-9,13,16-17,26,29H,4-7,10-12,14-15H2,1-3H3. The summed E-state index contributed by atoms with van der Waals surface area (Å²) in [6, 6.07) is 0.956. The predicted octanol–water partition coefficient (Wildman–Crippen LogP) is 4.88. The molecule has 0 bridgehead atoms. The molecule has 1 saturated carbocycles. The van der Waals surface area contributed by atoms with Crippen LogP contribution in [-0.4, -0.2) is 42.5 Å².